The van der Waals surface area contributed by atoms with Crippen molar-refractivity contribution in [3.63, 3.8) is 0 Å². The molecule has 2 atom stereocenters. The third-order valence-electron chi connectivity index (χ3n) is 2.98. The molecular weight excluding hydrogens is 332 g/mol. The molecule has 0 radical (unpaired) electrons. The van der Waals surface area contributed by atoms with Gasteiger partial charge in [0.25, 0.3) is 0 Å². The summed E-state index contributed by atoms with van der Waals surface area (Å²) in [5.74, 6) is 0.654. The molecule has 0 aliphatic heterocycles. The summed E-state index contributed by atoms with van der Waals surface area (Å²) in [5, 5.41) is 2.79. The lowest BCUT2D eigenvalue weighted by Gasteiger charge is -2.18. The van der Waals surface area contributed by atoms with Crippen LogP contribution in [0.4, 0.5) is 5.69 Å². The molecule has 3 N–H and O–H groups in total. The second kappa shape index (κ2) is 8.40. The summed E-state index contributed by atoms with van der Waals surface area (Å²) >= 11 is 3.36. The van der Waals surface area contributed by atoms with Gasteiger partial charge in [-0.1, -0.05) is 20.3 Å². The van der Waals surface area contributed by atoms with E-state index in [0.717, 1.165) is 10.9 Å². The van der Waals surface area contributed by atoms with Gasteiger partial charge in [0.15, 0.2) is 0 Å². The van der Waals surface area contributed by atoms with Gasteiger partial charge < -0.3 is 15.8 Å². The van der Waals surface area contributed by atoms with E-state index in [1.807, 2.05) is 19.9 Å². The molecule has 0 aromatic heterocycles. The van der Waals surface area contributed by atoms with E-state index in [2.05, 4.69) is 21.2 Å². The maximum atomic E-state index is 11.9. The Morgan fingerprint density at radius 1 is 1.53 bits per heavy atom. The average Bonchev–Trinajstić information content (AvgIpc) is 2.38. The van der Waals surface area contributed by atoms with Crippen LogP contribution >= 0.6 is 28.3 Å². The third kappa shape index (κ3) is 5.01. The van der Waals surface area contributed by atoms with E-state index in [-0.39, 0.29) is 24.2 Å². The molecule has 1 amide bonds. The second-order valence-corrected chi connectivity index (χ2v) is 5.10. The minimum Gasteiger partial charge on any atom is -0.495 e. The monoisotopic (exact) mass is 350 g/mol. The first-order chi connectivity index (χ1) is 8.49. The molecule has 0 aliphatic carbocycles. The first kappa shape index (κ1) is 18.2. The maximum Gasteiger partial charge on any atom is 0.241 e. The molecule has 1 aromatic carbocycles. The predicted molar refractivity (Wildman–Crippen MR) is 84.0 cm³/mol. The highest BCUT2D eigenvalue weighted by atomic mass is 79.9. The van der Waals surface area contributed by atoms with Crippen molar-refractivity contribution in [1.29, 1.82) is 0 Å². The number of hydrogen-bond donors (Lipinski definition) is 2. The summed E-state index contributed by atoms with van der Waals surface area (Å²) in [6, 6.07) is 4.88. The van der Waals surface area contributed by atoms with Gasteiger partial charge in [0.2, 0.25) is 5.91 Å². The van der Waals surface area contributed by atoms with Gasteiger partial charge in [0, 0.05) is 11.8 Å². The maximum absolute atomic E-state index is 11.9. The number of amides is 1. The molecule has 6 heteroatoms. The second-order valence-electron chi connectivity index (χ2n) is 4.25. The Labute approximate surface area is 128 Å². The van der Waals surface area contributed by atoms with Crippen LogP contribution in [0.1, 0.15) is 20.3 Å². The first-order valence-corrected chi connectivity index (χ1v) is 6.68. The Morgan fingerprint density at radius 2 is 2.16 bits per heavy atom. The molecule has 0 spiro atoms. The number of rotatable bonds is 5. The van der Waals surface area contributed by atoms with Crippen LogP contribution in [0.3, 0.4) is 0 Å². The van der Waals surface area contributed by atoms with Crippen molar-refractivity contribution in [1.82, 2.24) is 0 Å². The number of nitrogens with one attached hydrogen (secondary N) is 1. The molecule has 1 aromatic rings. The topological polar surface area (TPSA) is 64.4 Å². The zero-order chi connectivity index (χ0) is 13.7. The van der Waals surface area contributed by atoms with Crippen molar-refractivity contribution in [2.24, 2.45) is 11.7 Å². The number of ether oxygens (including phenoxy) is 1. The van der Waals surface area contributed by atoms with E-state index in [4.69, 9.17) is 10.5 Å². The number of benzene rings is 1. The summed E-state index contributed by atoms with van der Waals surface area (Å²) in [5.41, 5.74) is 6.55. The van der Waals surface area contributed by atoms with E-state index < -0.39 is 6.04 Å². The number of nitrogens with two attached hydrogens (primary N) is 1. The lowest BCUT2D eigenvalue weighted by Crippen LogP contribution is -2.40. The molecule has 0 fully saturated rings. The highest BCUT2D eigenvalue weighted by molar-refractivity contribution is 9.10. The van der Waals surface area contributed by atoms with Crippen LogP contribution in [0.2, 0.25) is 0 Å². The number of carbonyl (C=O) groups is 1. The van der Waals surface area contributed by atoms with Gasteiger partial charge in [-0.15, -0.1) is 12.4 Å². The van der Waals surface area contributed by atoms with E-state index in [1.165, 1.54) is 0 Å². The molecule has 0 aliphatic rings. The highest BCUT2D eigenvalue weighted by Gasteiger charge is 2.19. The van der Waals surface area contributed by atoms with Gasteiger partial charge in [-0.05, 0) is 34.0 Å². The lowest BCUT2D eigenvalue weighted by molar-refractivity contribution is -0.118. The van der Waals surface area contributed by atoms with Crippen LogP contribution in [0, 0.1) is 5.92 Å². The Morgan fingerprint density at radius 3 is 2.68 bits per heavy atom. The van der Waals surface area contributed by atoms with Crippen molar-refractivity contribution >= 4 is 39.9 Å². The minimum absolute atomic E-state index is 0. The molecule has 0 bridgehead atoms. The first-order valence-electron chi connectivity index (χ1n) is 5.89. The molecule has 2 unspecified atom stereocenters. The van der Waals surface area contributed by atoms with Gasteiger partial charge in [0.1, 0.15) is 5.75 Å². The van der Waals surface area contributed by atoms with E-state index >= 15 is 0 Å². The van der Waals surface area contributed by atoms with Crippen LogP contribution < -0.4 is 15.8 Å². The molecule has 0 saturated heterocycles. The van der Waals surface area contributed by atoms with Crippen molar-refractivity contribution in [3.05, 3.63) is 22.7 Å². The third-order valence-corrected chi connectivity index (χ3v) is 3.63. The minimum atomic E-state index is -0.496. The average molecular weight is 352 g/mol. The summed E-state index contributed by atoms with van der Waals surface area (Å²) in [4.78, 5) is 11.9. The van der Waals surface area contributed by atoms with Crippen molar-refractivity contribution in [3.8, 4) is 5.75 Å². The summed E-state index contributed by atoms with van der Waals surface area (Å²) < 4.78 is 6.01. The van der Waals surface area contributed by atoms with E-state index in [9.17, 15) is 4.79 Å². The molecule has 1 rings (SSSR count). The smallest absolute Gasteiger partial charge is 0.241 e. The van der Waals surface area contributed by atoms with E-state index in [0.29, 0.717) is 11.4 Å². The van der Waals surface area contributed by atoms with Gasteiger partial charge in [0.05, 0.1) is 17.6 Å². The van der Waals surface area contributed by atoms with Crippen LogP contribution in [-0.4, -0.2) is 19.1 Å². The molecule has 0 saturated carbocycles. The SMILES string of the molecule is CCC(C)C(N)C(=O)Nc1ccc(Br)c(OC)c1.Cl. The van der Waals surface area contributed by atoms with Crippen molar-refractivity contribution in [2.75, 3.05) is 12.4 Å². The number of halogens is 2. The normalized spacial score (nSPS) is 13.1. The molecule has 19 heavy (non-hydrogen) atoms. The highest BCUT2D eigenvalue weighted by Crippen LogP contribution is 2.27. The standard InChI is InChI=1S/C13H19BrN2O2.ClH/c1-4-8(2)12(15)13(17)16-9-5-6-10(14)11(7-9)18-3;/h5-8,12H,4,15H2,1-3H3,(H,16,17);1H. The van der Waals surface area contributed by atoms with Crippen LogP contribution in [0.15, 0.2) is 22.7 Å². The Kier molecular flexibility index (Phi) is 8.06. The van der Waals surface area contributed by atoms with Gasteiger partial charge in [-0.3, -0.25) is 4.79 Å². The Balaban J connectivity index is 0.00000324. The van der Waals surface area contributed by atoms with Gasteiger partial charge in [-0.2, -0.15) is 0 Å². The van der Waals surface area contributed by atoms with Crippen LogP contribution in [0.25, 0.3) is 0 Å². The fraction of sp³-hybridized carbons (Fsp3) is 0.462. The molecule has 0 heterocycles. The quantitative estimate of drug-likeness (QED) is 0.856. The summed E-state index contributed by atoms with van der Waals surface area (Å²) in [6.45, 7) is 3.98. The van der Waals surface area contributed by atoms with E-state index in [1.54, 1.807) is 19.2 Å². The Hall–Kier alpha value is -0.780. The predicted octanol–water partition coefficient (Wildman–Crippen LogP) is 3.19. The largest absolute Gasteiger partial charge is 0.495 e. The fourth-order valence-corrected chi connectivity index (χ4v) is 1.88. The number of anilines is 1. The van der Waals surface area contributed by atoms with Crippen LogP contribution in [-0.2, 0) is 4.79 Å². The summed E-state index contributed by atoms with van der Waals surface area (Å²) in [7, 11) is 1.58. The summed E-state index contributed by atoms with van der Waals surface area (Å²) in [6.07, 6.45) is 0.873. The number of methoxy groups -OCH3 is 1. The van der Waals surface area contributed by atoms with Gasteiger partial charge >= 0.3 is 0 Å². The molecule has 108 valence electrons. The van der Waals surface area contributed by atoms with Gasteiger partial charge in [-0.25, -0.2) is 0 Å². The zero-order valence-electron chi connectivity index (χ0n) is 11.3. The Bertz CT molecular complexity index is 429. The van der Waals surface area contributed by atoms with Crippen molar-refractivity contribution < 1.29 is 9.53 Å². The number of carbonyl (C=O) groups excluding carboxylic acids is 1. The fourth-order valence-electron chi connectivity index (χ4n) is 1.48. The zero-order valence-corrected chi connectivity index (χ0v) is 13.7. The number of hydrogen-bond acceptors (Lipinski definition) is 3. The molecular formula is C13H20BrClN2O2. The molecule has 4 nitrogen and oxygen atoms in total. The van der Waals surface area contributed by atoms with Crippen molar-refractivity contribution in [2.45, 2.75) is 26.3 Å². The van der Waals surface area contributed by atoms with Crippen LogP contribution in [0.5, 0.6) is 5.75 Å². The lowest BCUT2D eigenvalue weighted by atomic mass is 9.99.